The summed E-state index contributed by atoms with van der Waals surface area (Å²) < 4.78 is 13.9. The number of halogens is 1. The molecule has 6 nitrogen and oxygen atoms in total. The number of aromatic amines is 1. The highest BCUT2D eigenvalue weighted by Crippen LogP contribution is 2.22. The van der Waals surface area contributed by atoms with Crippen molar-refractivity contribution in [2.24, 2.45) is 5.73 Å². The summed E-state index contributed by atoms with van der Waals surface area (Å²) >= 11 is 0. The Bertz CT molecular complexity index is 882. The van der Waals surface area contributed by atoms with Crippen molar-refractivity contribution in [3.63, 3.8) is 0 Å². The van der Waals surface area contributed by atoms with Crippen LogP contribution in [0.4, 0.5) is 4.39 Å². The smallest absolute Gasteiger partial charge is 0.268 e. The third kappa shape index (κ3) is 2.83. The zero-order valence-corrected chi connectivity index (χ0v) is 12.8. The molecular weight excluding hydrogens is 311 g/mol. The van der Waals surface area contributed by atoms with Crippen LogP contribution in [0.5, 0.6) is 0 Å². The van der Waals surface area contributed by atoms with Crippen molar-refractivity contribution in [3.8, 4) is 0 Å². The zero-order chi connectivity index (χ0) is 17.3. The maximum absolute atomic E-state index is 13.9. The van der Waals surface area contributed by atoms with Gasteiger partial charge in [0.2, 0.25) is 5.91 Å². The summed E-state index contributed by atoms with van der Waals surface area (Å²) in [5.74, 6) is -1.73. The molecule has 0 bridgehead atoms. The summed E-state index contributed by atoms with van der Waals surface area (Å²) in [5, 5.41) is 2.83. The van der Waals surface area contributed by atoms with Crippen LogP contribution in [0.25, 0.3) is 10.9 Å². The van der Waals surface area contributed by atoms with Crippen LogP contribution in [0.3, 0.4) is 0 Å². The number of carbonyl (C=O) groups excluding carboxylic acids is 2. The standard InChI is InChI=1S/C17H15FN4O2/c1-9-5-6-11(18)10-8-13(21-14(9)10)17(24)22-15(16(19)23)12-4-2-3-7-20-12/h2-8,15,21H,1H3,(H2,19,23)(H,22,24). The van der Waals surface area contributed by atoms with Gasteiger partial charge < -0.3 is 16.0 Å². The molecule has 3 rings (SSSR count). The molecular formula is C17H15FN4O2. The van der Waals surface area contributed by atoms with Crippen molar-refractivity contribution in [2.75, 3.05) is 0 Å². The largest absolute Gasteiger partial charge is 0.368 e. The number of carbonyl (C=O) groups is 2. The lowest BCUT2D eigenvalue weighted by molar-refractivity contribution is -0.120. The van der Waals surface area contributed by atoms with Crippen LogP contribution in [0.2, 0.25) is 0 Å². The van der Waals surface area contributed by atoms with Gasteiger partial charge in [0.15, 0.2) is 6.04 Å². The van der Waals surface area contributed by atoms with E-state index in [0.717, 1.165) is 5.56 Å². The molecule has 24 heavy (non-hydrogen) atoms. The fourth-order valence-electron chi connectivity index (χ4n) is 2.49. The SMILES string of the molecule is Cc1ccc(F)c2cc(C(=O)NC(C(N)=O)c3ccccn3)[nH]c12. The molecule has 0 aliphatic rings. The predicted molar refractivity (Wildman–Crippen MR) is 86.6 cm³/mol. The van der Waals surface area contributed by atoms with E-state index in [1.54, 1.807) is 31.2 Å². The zero-order valence-electron chi connectivity index (χ0n) is 12.8. The minimum atomic E-state index is -1.07. The number of nitrogens with zero attached hydrogens (tertiary/aromatic N) is 1. The molecule has 0 fully saturated rings. The number of hydrogen-bond donors (Lipinski definition) is 3. The molecule has 0 saturated carbocycles. The Labute approximate surface area is 136 Å². The van der Waals surface area contributed by atoms with Crippen molar-refractivity contribution >= 4 is 22.7 Å². The quantitative estimate of drug-likeness (QED) is 0.683. The summed E-state index contributed by atoms with van der Waals surface area (Å²) in [7, 11) is 0. The first-order valence-corrected chi connectivity index (χ1v) is 7.26. The summed E-state index contributed by atoms with van der Waals surface area (Å²) in [6.07, 6.45) is 1.50. The van der Waals surface area contributed by atoms with Crippen molar-refractivity contribution in [2.45, 2.75) is 13.0 Å². The molecule has 122 valence electrons. The van der Waals surface area contributed by atoms with Crippen molar-refractivity contribution < 1.29 is 14.0 Å². The Morgan fingerprint density at radius 3 is 2.71 bits per heavy atom. The highest BCUT2D eigenvalue weighted by atomic mass is 19.1. The molecule has 0 aliphatic carbocycles. The van der Waals surface area contributed by atoms with Gasteiger partial charge in [0.25, 0.3) is 5.91 Å². The Balaban J connectivity index is 1.93. The van der Waals surface area contributed by atoms with E-state index in [0.29, 0.717) is 16.6 Å². The van der Waals surface area contributed by atoms with Crippen molar-refractivity contribution in [3.05, 3.63) is 65.4 Å². The van der Waals surface area contributed by atoms with Gasteiger partial charge in [-0.25, -0.2) is 4.39 Å². The van der Waals surface area contributed by atoms with E-state index in [2.05, 4.69) is 15.3 Å². The highest BCUT2D eigenvalue weighted by Gasteiger charge is 2.23. The Morgan fingerprint density at radius 2 is 2.08 bits per heavy atom. The molecule has 0 radical (unpaired) electrons. The van der Waals surface area contributed by atoms with E-state index in [-0.39, 0.29) is 5.69 Å². The summed E-state index contributed by atoms with van der Waals surface area (Å²) in [6.45, 7) is 1.81. The molecule has 4 N–H and O–H groups in total. The normalized spacial score (nSPS) is 12.1. The second kappa shape index (κ2) is 6.11. The first kappa shape index (κ1) is 15.7. The van der Waals surface area contributed by atoms with E-state index < -0.39 is 23.7 Å². The van der Waals surface area contributed by atoms with Crippen LogP contribution in [0.1, 0.15) is 27.8 Å². The van der Waals surface area contributed by atoms with E-state index in [1.165, 1.54) is 18.3 Å². The fourth-order valence-corrected chi connectivity index (χ4v) is 2.49. The van der Waals surface area contributed by atoms with Gasteiger partial charge in [-0.15, -0.1) is 0 Å². The van der Waals surface area contributed by atoms with Crippen molar-refractivity contribution in [1.82, 2.24) is 15.3 Å². The maximum Gasteiger partial charge on any atom is 0.268 e. The van der Waals surface area contributed by atoms with E-state index >= 15 is 0 Å². The fraction of sp³-hybridized carbons (Fsp3) is 0.118. The van der Waals surface area contributed by atoms with Gasteiger partial charge in [-0.1, -0.05) is 12.1 Å². The lowest BCUT2D eigenvalue weighted by Gasteiger charge is -2.14. The first-order chi connectivity index (χ1) is 11.5. The van der Waals surface area contributed by atoms with E-state index in [9.17, 15) is 14.0 Å². The molecule has 1 unspecified atom stereocenters. The molecule has 1 aromatic carbocycles. The molecule has 0 aliphatic heterocycles. The number of nitrogens with one attached hydrogen (secondary N) is 2. The molecule has 2 amide bonds. The topological polar surface area (TPSA) is 101 Å². The summed E-state index contributed by atoms with van der Waals surface area (Å²) in [6, 6.07) is 8.26. The highest BCUT2D eigenvalue weighted by molar-refractivity contribution is 6.00. The number of H-pyrrole nitrogens is 1. The van der Waals surface area contributed by atoms with Crippen LogP contribution in [-0.4, -0.2) is 21.8 Å². The number of aromatic nitrogens is 2. The second-order valence-corrected chi connectivity index (χ2v) is 5.40. The number of primary amides is 1. The van der Waals surface area contributed by atoms with Gasteiger partial charge in [0.1, 0.15) is 11.5 Å². The average Bonchev–Trinajstić information content (AvgIpc) is 3.03. The molecule has 2 heterocycles. The third-order valence-electron chi connectivity index (χ3n) is 3.74. The van der Waals surface area contributed by atoms with Gasteiger partial charge in [0.05, 0.1) is 11.2 Å². The van der Waals surface area contributed by atoms with E-state index in [4.69, 9.17) is 5.73 Å². The number of fused-ring (bicyclic) bond motifs is 1. The monoisotopic (exact) mass is 326 g/mol. The molecule has 1 atom stereocenters. The lowest BCUT2D eigenvalue weighted by atomic mass is 10.1. The Hall–Kier alpha value is -3.22. The minimum absolute atomic E-state index is 0.139. The van der Waals surface area contributed by atoms with Crippen LogP contribution in [0, 0.1) is 12.7 Å². The Morgan fingerprint density at radius 1 is 1.29 bits per heavy atom. The van der Waals surface area contributed by atoms with Gasteiger partial charge in [-0.05, 0) is 36.8 Å². The molecule has 7 heteroatoms. The number of rotatable bonds is 4. The van der Waals surface area contributed by atoms with Gasteiger partial charge in [0, 0.05) is 11.6 Å². The van der Waals surface area contributed by atoms with Crippen LogP contribution in [0.15, 0.2) is 42.6 Å². The molecule has 0 saturated heterocycles. The number of benzene rings is 1. The molecule has 2 aromatic heterocycles. The maximum atomic E-state index is 13.9. The summed E-state index contributed by atoms with van der Waals surface area (Å²) in [4.78, 5) is 31.0. The van der Waals surface area contributed by atoms with E-state index in [1.807, 2.05) is 0 Å². The van der Waals surface area contributed by atoms with Gasteiger partial charge in [-0.2, -0.15) is 0 Å². The van der Waals surface area contributed by atoms with Crippen LogP contribution >= 0.6 is 0 Å². The number of amides is 2. The average molecular weight is 326 g/mol. The number of hydrogen-bond acceptors (Lipinski definition) is 3. The first-order valence-electron chi connectivity index (χ1n) is 7.26. The predicted octanol–water partition coefficient (Wildman–Crippen LogP) is 1.97. The number of pyridine rings is 1. The lowest BCUT2D eigenvalue weighted by Crippen LogP contribution is -2.38. The summed E-state index contributed by atoms with van der Waals surface area (Å²) in [5.41, 5.74) is 7.17. The second-order valence-electron chi connectivity index (χ2n) is 5.40. The Kier molecular flexibility index (Phi) is 3.99. The number of nitrogens with two attached hydrogens (primary N) is 1. The van der Waals surface area contributed by atoms with Gasteiger partial charge in [-0.3, -0.25) is 14.6 Å². The minimum Gasteiger partial charge on any atom is -0.368 e. The van der Waals surface area contributed by atoms with Crippen LogP contribution in [-0.2, 0) is 4.79 Å². The third-order valence-corrected chi connectivity index (χ3v) is 3.74. The van der Waals surface area contributed by atoms with Gasteiger partial charge >= 0.3 is 0 Å². The molecule has 3 aromatic rings. The van der Waals surface area contributed by atoms with Crippen LogP contribution < -0.4 is 11.1 Å². The number of aryl methyl sites for hydroxylation is 1. The van der Waals surface area contributed by atoms with Crippen molar-refractivity contribution in [1.29, 1.82) is 0 Å². The molecule has 0 spiro atoms.